The molecule has 0 atom stereocenters. The Morgan fingerprint density at radius 2 is 1.90 bits per heavy atom. The molecule has 20 heavy (non-hydrogen) atoms. The van der Waals surface area contributed by atoms with Crippen LogP contribution in [0.15, 0.2) is 46.9 Å². The fraction of sp³-hybridized carbons (Fsp3) is 0.133. The highest BCUT2D eigenvalue weighted by Gasteiger charge is 2.10. The third kappa shape index (κ3) is 4.05. The maximum atomic E-state index is 13.5. The Morgan fingerprint density at radius 1 is 1.20 bits per heavy atom. The summed E-state index contributed by atoms with van der Waals surface area (Å²) in [5.41, 5.74) is 1.02. The number of benzene rings is 2. The Hall–Kier alpha value is -1.39. The van der Waals surface area contributed by atoms with Gasteiger partial charge in [-0.05, 0) is 29.8 Å². The van der Waals surface area contributed by atoms with Crippen LogP contribution in [0.1, 0.15) is 11.1 Å². The van der Waals surface area contributed by atoms with Gasteiger partial charge in [0.2, 0.25) is 0 Å². The summed E-state index contributed by atoms with van der Waals surface area (Å²) in [5.74, 6) is -0.902. The molecule has 2 aromatic rings. The Balaban J connectivity index is 1.94. The van der Waals surface area contributed by atoms with E-state index in [1.807, 2.05) is 24.3 Å². The van der Waals surface area contributed by atoms with Crippen LogP contribution < -0.4 is 0 Å². The monoisotopic (exact) mass is 356 g/mol. The molecule has 0 spiro atoms. The standard InChI is InChI=1S/C15H11BrClFO2/c16-11-6-4-10(5-7-11)8-15(19)20-9-12-13(17)2-1-3-14(12)18/h1-7H,8-9H2. The molecule has 0 unspecified atom stereocenters. The van der Waals surface area contributed by atoms with Crippen molar-refractivity contribution in [3.05, 3.63) is 68.9 Å². The van der Waals surface area contributed by atoms with Gasteiger partial charge in [0.05, 0.1) is 11.4 Å². The summed E-state index contributed by atoms with van der Waals surface area (Å²) in [6, 6.07) is 11.7. The molecule has 2 nitrogen and oxygen atoms in total. The number of carbonyl (C=O) groups is 1. The second-order valence-electron chi connectivity index (χ2n) is 4.16. The molecule has 2 aromatic carbocycles. The van der Waals surface area contributed by atoms with Gasteiger partial charge in [0.15, 0.2) is 0 Å². The van der Waals surface area contributed by atoms with Gasteiger partial charge in [0, 0.05) is 10.0 Å². The van der Waals surface area contributed by atoms with Gasteiger partial charge in [-0.3, -0.25) is 4.79 Å². The fourth-order valence-corrected chi connectivity index (χ4v) is 2.12. The van der Waals surface area contributed by atoms with Crippen molar-refractivity contribution in [1.29, 1.82) is 0 Å². The van der Waals surface area contributed by atoms with E-state index in [9.17, 15) is 9.18 Å². The maximum absolute atomic E-state index is 13.5. The average molecular weight is 358 g/mol. The van der Waals surface area contributed by atoms with Crippen LogP contribution in [0.3, 0.4) is 0 Å². The molecule has 0 aliphatic heterocycles. The highest BCUT2D eigenvalue weighted by molar-refractivity contribution is 9.10. The van der Waals surface area contributed by atoms with Crippen molar-refractivity contribution in [1.82, 2.24) is 0 Å². The average Bonchev–Trinajstić information content (AvgIpc) is 2.41. The third-order valence-electron chi connectivity index (χ3n) is 2.70. The summed E-state index contributed by atoms with van der Waals surface area (Å²) in [6.45, 7) is -0.166. The van der Waals surface area contributed by atoms with Gasteiger partial charge in [0.25, 0.3) is 0 Å². The second-order valence-corrected chi connectivity index (χ2v) is 5.49. The summed E-state index contributed by atoms with van der Waals surface area (Å²) in [7, 11) is 0. The van der Waals surface area contributed by atoms with E-state index in [1.165, 1.54) is 12.1 Å². The molecule has 5 heteroatoms. The molecule has 0 N–H and O–H groups in total. The van der Waals surface area contributed by atoms with Crippen LogP contribution in [0.5, 0.6) is 0 Å². The largest absolute Gasteiger partial charge is 0.460 e. The lowest BCUT2D eigenvalue weighted by Crippen LogP contribution is -2.09. The quantitative estimate of drug-likeness (QED) is 0.752. The minimum absolute atomic E-state index is 0.138. The molecular formula is C15H11BrClFO2. The smallest absolute Gasteiger partial charge is 0.310 e. The predicted octanol–water partition coefficient (Wildman–Crippen LogP) is 4.53. The zero-order chi connectivity index (χ0) is 14.5. The van der Waals surface area contributed by atoms with Crippen LogP contribution in [-0.2, 0) is 22.6 Å². The summed E-state index contributed by atoms with van der Waals surface area (Å²) in [4.78, 5) is 11.7. The summed E-state index contributed by atoms with van der Waals surface area (Å²) >= 11 is 9.17. The zero-order valence-electron chi connectivity index (χ0n) is 10.4. The lowest BCUT2D eigenvalue weighted by molar-refractivity contribution is -0.144. The predicted molar refractivity (Wildman–Crippen MR) is 79.1 cm³/mol. The molecule has 0 heterocycles. The van der Waals surface area contributed by atoms with Gasteiger partial charge >= 0.3 is 5.97 Å². The SMILES string of the molecule is O=C(Cc1ccc(Br)cc1)OCc1c(F)cccc1Cl. The molecule has 0 aromatic heterocycles. The van der Waals surface area contributed by atoms with Crippen LogP contribution in [0.4, 0.5) is 4.39 Å². The van der Waals surface area contributed by atoms with E-state index in [0.29, 0.717) is 0 Å². The van der Waals surface area contributed by atoms with E-state index in [0.717, 1.165) is 10.0 Å². The third-order valence-corrected chi connectivity index (χ3v) is 3.58. The van der Waals surface area contributed by atoms with Crippen molar-refractivity contribution in [3.8, 4) is 0 Å². The molecule has 0 aliphatic carbocycles. The summed E-state index contributed by atoms with van der Waals surface area (Å²) in [6.07, 6.45) is 0.138. The van der Waals surface area contributed by atoms with Gasteiger partial charge in [-0.25, -0.2) is 4.39 Å². The molecule has 2 rings (SSSR count). The Morgan fingerprint density at radius 3 is 2.55 bits per heavy atom. The maximum Gasteiger partial charge on any atom is 0.310 e. The van der Waals surface area contributed by atoms with Crippen LogP contribution in [0.2, 0.25) is 5.02 Å². The molecule has 0 aliphatic rings. The van der Waals surface area contributed by atoms with Crippen molar-refractivity contribution < 1.29 is 13.9 Å². The Kier molecular flexibility index (Phi) is 5.15. The first-order valence-corrected chi connectivity index (χ1v) is 7.06. The van der Waals surface area contributed by atoms with Crippen LogP contribution in [-0.4, -0.2) is 5.97 Å². The number of hydrogen-bond donors (Lipinski definition) is 0. The minimum atomic E-state index is -0.478. The number of halogens is 3. The molecular weight excluding hydrogens is 347 g/mol. The second kappa shape index (κ2) is 6.86. The molecule has 0 amide bonds. The highest BCUT2D eigenvalue weighted by Crippen LogP contribution is 2.20. The molecule has 0 radical (unpaired) electrons. The van der Waals surface area contributed by atoms with Crippen molar-refractivity contribution in [2.24, 2.45) is 0 Å². The molecule has 0 saturated carbocycles. The highest BCUT2D eigenvalue weighted by atomic mass is 79.9. The molecule has 0 bridgehead atoms. The summed E-state index contributed by atoms with van der Waals surface area (Å²) in [5, 5.41) is 0.251. The number of carbonyl (C=O) groups excluding carboxylic acids is 1. The summed E-state index contributed by atoms with van der Waals surface area (Å²) < 4.78 is 19.5. The molecule has 0 saturated heterocycles. The first kappa shape index (κ1) is 15.0. The normalized spacial score (nSPS) is 10.3. The van der Waals surface area contributed by atoms with E-state index in [4.69, 9.17) is 16.3 Å². The fourth-order valence-electron chi connectivity index (χ4n) is 1.64. The van der Waals surface area contributed by atoms with E-state index >= 15 is 0 Å². The van der Waals surface area contributed by atoms with Crippen molar-refractivity contribution >= 4 is 33.5 Å². The first-order chi connectivity index (χ1) is 9.56. The topological polar surface area (TPSA) is 26.3 Å². The lowest BCUT2D eigenvalue weighted by Gasteiger charge is -2.07. The minimum Gasteiger partial charge on any atom is -0.460 e. The number of ether oxygens (including phenoxy) is 1. The van der Waals surface area contributed by atoms with E-state index < -0.39 is 11.8 Å². The first-order valence-electron chi connectivity index (χ1n) is 5.89. The van der Waals surface area contributed by atoms with Crippen molar-refractivity contribution in [3.63, 3.8) is 0 Å². The Bertz CT molecular complexity index is 594. The number of esters is 1. The van der Waals surface area contributed by atoms with Gasteiger partial charge < -0.3 is 4.74 Å². The Labute approximate surface area is 129 Å². The van der Waals surface area contributed by atoms with Gasteiger partial charge in [-0.15, -0.1) is 0 Å². The van der Waals surface area contributed by atoms with Crippen LogP contribution in [0, 0.1) is 5.82 Å². The van der Waals surface area contributed by atoms with Crippen LogP contribution in [0.25, 0.3) is 0 Å². The van der Waals surface area contributed by atoms with Gasteiger partial charge in [0.1, 0.15) is 12.4 Å². The van der Waals surface area contributed by atoms with Crippen molar-refractivity contribution in [2.75, 3.05) is 0 Å². The van der Waals surface area contributed by atoms with E-state index in [1.54, 1.807) is 6.07 Å². The van der Waals surface area contributed by atoms with Crippen LogP contribution >= 0.6 is 27.5 Å². The van der Waals surface area contributed by atoms with E-state index in [2.05, 4.69) is 15.9 Å². The number of rotatable bonds is 4. The lowest BCUT2D eigenvalue weighted by atomic mass is 10.1. The van der Waals surface area contributed by atoms with Gasteiger partial charge in [-0.1, -0.05) is 45.7 Å². The van der Waals surface area contributed by atoms with Crippen molar-refractivity contribution in [2.45, 2.75) is 13.0 Å². The molecule has 104 valence electrons. The van der Waals surface area contributed by atoms with E-state index in [-0.39, 0.29) is 23.6 Å². The zero-order valence-corrected chi connectivity index (χ0v) is 12.7. The number of hydrogen-bond acceptors (Lipinski definition) is 2. The molecule has 0 fully saturated rings. The van der Waals surface area contributed by atoms with Gasteiger partial charge in [-0.2, -0.15) is 0 Å².